The van der Waals surface area contributed by atoms with Crippen molar-refractivity contribution in [2.24, 2.45) is 0 Å². The monoisotopic (exact) mass is 1590 g/mol. The number of rotatable bonds is 15. The molecule has 14 nitrogen and oxygen atoms in total. The first-order chi connectivity index (χ1) is 50.8. The summed E-state index contributed by atoms with van der Waals surface area (Å²) < 4.78 is 22.2. The Morgan fingerprint density at radius 3 is 1.19 bits per heavy atom. The molecule has 3 aliphatic rings. The zero-order valence-corrected chi connectivity index (χ0v) is 80.6. The number of carbonyl (C=O) groups is 1. The van der Waals surface area contributed by atoms with Gasteiger partial charge in [0, 0.05) is 117 Å². The maximum absolute atomic E-state index is 12.5. The molecule has 0 bridgehead atoms. The van der Waals surface area contributed by atoms with E-state index in [9.17, 15) is 9.18 Å². The maximum Gasteiger partial charge on any atom is 0.319 e. The van der Waals surface area contributed by atoms with Crippen molar-refractivity contribution < 1.29 is 18.7 Å². The number of esters is 1. The minimum atomic E-state index is -0.227. The molecule has 4 aromatic rings. The second kappa shape index (κ2) is 54.6. The number of nitrogens with zero attached hydrogens (tertiary/aromatic N) is 1. The number of unbranched alkanes of at least 4 members (excludes halogenated alkanes) is 1. The van der Waals surface area contributed by atoms with Crippen molar-refractivity contribution in [1.82, 2.24) is 42.1 Å². The molecule has 2 saturated carbocycles. The summed E-state index contributed by atoms with van der Waals surface area (Å²) in [4.78, 5) is 13.0. The van der Waals surface area contributed by atoms with Crippen LogP contribution in [0.3, 0.4) is 0 Å². The highest BCUT2D eigenvalue weighted by Gasteiger charge is 2.23. The van der Waals surface area contributed by atoms with Gasteiger partial charge < -0.3 is 62.6 Å². The lowest BCUT2D eigenvalue weighted by Gasteiger charge is -2.31. The highest BCUT2D eigenvalue weighted by atomic mass is 35.5. The minimum absolute atomic E-state index is 0.0197. The predicted molar refractivity (Wildman–Crippen MR) is 497 cm³/mol. The molecular formula is C96H181ClFN11O3. The number of methoxy groups -OCH3 is 1. The predicted octanol–water partition coefficient (Wildman–Crippen LogP) is 23.6. The number of nitrogens with one attached hydrogen (secondary N) is 10. The van der Waals surface area contributed by atoms with Crippen molar-refractivity contribution in [3.05, 3.63) is 124 Å². The van der Waals surface area contributed by atoms with Crippen molar-refractivity contribution in [1.29, 1.82) is 0 Å². The summed E-state index contributed by atoms with van der Waals surface area (Å²) in [6, 6.07) is 30.7. The molecule has 3 fully saturated rings. The smallest absolute Gasteiger partial charge is 0.319 e. The number of ether oxygens (including phenoxy) is 2. The largest absolute Gasteiger partial charge is 0.468 e. The number of carbonyl (C=O) groups excluding carboxylic acids is 1. The number of aryl methyl sites for hydroxylation is 3. The fraction of sp³-hybridized carbons (Fsp3) is 0.740. The standard InChI is InChI=1S/C12H19N.C11H16ClN.C11H17N.C10H14FN.C10H22N2O.C10H21N.C9H19N.2C8H19N.C7H15NO2/c1-9-7-6-8-10(2)11(9)13-12(3,4)5;1-8-6-5-7-9(12)10(8)13-11(2,3)4;1-11(2,3)12-9-10-7-5-4-6-8-10;1-10(2,3)12-9-6-4-8(11)5-7-9;1-10(2,3)11-4-5-12-6-8-13-9-7-12;1-10(2,3)11-9-7-5-4-6-8-9;1-9(2,3)10-8-6-4-5-7-8;1-7(2,3)9-8(4,5)6;1-5-6-7-9-8(2,3)4;1-7(2,3)8-5-6(9)10-4/h6-8,13H,1-5H3;5-7,13H,1-4H3;4-8,12H,9H2,1-3H3;4-7,12H,1-3H3;11H,4-9H2,1-3H3;9,11H,4-8H2,1-3H3;8,10H,4-7H2,1-3H3;9H,1-6H3;9H,5-7H2,1-4H3;8H,5H2,1-4H3. The van der Waals surface area contributed by atoms with Gasteiger partial charge >= 0.3 is 5.97 Å². The molecule has 0 spiro atoms. The molecule has 10 N–H and O–H groups in total. The number of hydrogen-bond donors (Lipinski definition) is 10. The number of halogens is 2. The van der Waals surface area contributed by atoms with E-state index in [1.54, 1.807) is 12.1 Å². The van der Waals surface area contributed by atoms with Crippen LogP contribution in [0.15, 0.2) is 91.0 Å². The summed E-state index contributed by atoms with van der Waals surface area (Å²) in [5.74, 6) is -0.426. The van der Waals surface area contributed by atoms with E-state index in [-0.39, 0.29) is 62.6 Å². The Kier molecular flexibility index (Phi) is 54.5. The molecule has 1 aliphatic heterocycles. The SMILES string of the molecule is CC(C)(C)NC(C)(C)C.CC(C)(C)NC1CCCC1.CC(C)(C)NC1CCCCC1.CC(C)(C)NCCN1CCOCC1.CC(C)(C)NCc1ccccc1.CC(C)(C)Nc1ccc(F)cc1.CCCCNC(C)(C)C.COC(=O)CNC(C)(C)C.Cc1cccc(C)c1NC(C)(C)C.Cc1cccc(Cl)c1NC(C)(C)C. The van der Waals surface area contributed by atoms with Crippen molar-refractivity contribution in [2.45, 2.75) is 406 Å². The molecule has 0 aromatic heterocycles. The van der Waals surface area contributed by atoms with Gasteiger partial charge in [-0.3, -0.25) is 9.69 Å². The summed E-state index contributed by atoms with van der Waals surface area (Å²) in [6.07, 6.45) is 15.3. The first-order valence-corrected chi connectivity index (χ1v) is 42.9. The second-order valence-electron chi connectivity index (χ2n) is 42.0. The van der Waals surface area contributed by atoms with Gasteiger partial charge in [0.1, 0.15) is 5.82 Å². The van der Waals surface area contributed by atoms with Gasteiger partial charge in [0.05, 0.1) is 37.6 Å². The van der Waals surface area contributed by atoms with Crippen LogP contribution in [0.2, 0.25) is 5.02 Å². The van der Waals surface area contributed by atoms with Crippen molar-refractivity contribution in [3.63, 3.8) is 0 Å². The number of para-hydroxylation sites is 2. The van der Waals surface area contributed by atoms with E-state index in [1.165, 1.54) is 118 Å². The van der Waals surface area contributed by atoms with Crippen LogP contribution in [-0.4, -0.2) is 143 Å². The molecule has 7 rings (SSSR count). The minimum Gasteiger partial charge on any atom is -0.468 e. The fourth-order valence-electron chi connectivity index (χ4n) is 11.6. The number of morpholine rings is 1. The van der Waals surface area contributed by atoms with Gasteiger partial charge in [-0.1, -0.05) is 118 Å². The summed E-state index contributed by atoms with van der Waals surface area (Å²) in [7, 11) is 1.38. The maximum atomic E-state index is 12.5. The first-order valence-electron chi connectivity index (χ1n) is 42.5. The lowest BCUT2D eigenvalue weighted by atomic mass is 9.93. The summed E-state index contributed by atoms with van der Waals surface area (Å²) in [5.41, 5.74) is 10.4. The van der Waals surface area contributed by atoms with Gasteiger partial charge in [0.25, 0.3) is 0 Å². The van der Waals surface area contributed by atoms with Gasteiger partial charge in [-0.2, -0.15) is 0 Å². The third-order valence-corrected chi connectivity index (χ3v) is 16.4. The molecule has 0 unspecified atom stereocenters. The number of hydrogen-bond acceptors (Lipinski definition) is 14. The molecular weight excluding hydrogens is 1410 g/mol. The Morgan fingerprint density at radius 2 is 0.830 bits per heavy atom. The average molecular weight is 1590 g/mol. The lowest BCUT2D eigenvalue weighted by Crippen LogP contribution is -2.48. The third-order valence-electron chi connectivity index (χ3n) is 16.1. The van der Waals surface area contributed by atoms with Gasteiger partial charge in [-0.25, -0.2) is 4.39 Å². The first kappa shape index (κ1) is 112. The zero-order valence-electron chi connectivity index (χ0n) is 79.9. The highest BCUT2D eigenvalue weighted by molar-refractivity contribution is 6.33. The molecule has 0 atom stereocenters. The summed E-state index contributed by atoms with van der Waals surface area (Å²) in [5, 5.41) is 35.0. The number of benzene rings is 4. The van der Waals surface area contributed by atoms with Gasteiger partial charge in [0.2, 0.25) is 0 Å². The van der Waals surface area contributed by atoms with Gasteiger partial charge in [0.15, 0.2) is 0 Å². The van der Waals surface area contributed by atoms with Crippen LogP contribution in [-0.2, 0) is 20.8 Å². The number of anilines is 3. The summed E-state index contributed by atoms with van der Waals surface area (Å²) >= 11 is 6.07. The van der Waals surface area contributed by atoms with E-state index in [0.29, 0.717) is 16.6 Å². The molecule has 652 valence electrons. The highest BCUT2D eigenvalue weighted by Crippen LogP contribution is 2.29. The molecule has 112 heavy (non-hydrogen) atoms. The molecule has 0 amide bonds. The van der Waals surface area contributed by atoms with Crippen molar-refractivity contribution in [3.8, 4) is 0 Å². The molecule has 1 heterocycles. The van der Waals surface area contributed by atoms with Crippen LogP contribution >= 0.6 is 11.6 Å². The zero-order chi connectivity index (χ0) is 87.2. The van der Waals surface area contributed by atoms with Crippen LogP contribution < -0.4 is 53.2 Å². The van der Waals surface area contributed by atoms with E-state index in [1.807, 2.05) is 39.0 Å². The summed E-state index contributed by atoms with van der Waals surface area (Å²) in [6.45, 7) is 88.5. The molecule has 2 aliphatic carbocycles. The lowest BCUT2D eigenvalue weighted by molar-refractivity contribution is -0.139. The Morgan fingerprint density at radius 1 is 0.446 bits per heavy atom. The van der Waals surface area contributed by atoms with E-state index >= 15 is 0 Å². The van der Waals surface area contributed by atoms with Crippen LogP contribution in [0.5, 0.6) is 0 Å². The molecule has 4 aromatic carbocycles. The molecule has 0 radical (unpaired) electrons. The topological polar surface area (TPSA) is 159 Å². The Bertz CT molecular complexity index is 2860. The van der Waals surface area contributed by atoms with E-state index in [0.717, 1.165) is 81.0 Å². The van der Waals surface area contributed by atoms with Gasteiger partial charge in [-0.05, 0) is 340 Å². The van der Waals surface area contributed by atoms with Crippen LogP contribution in [0, 0.1) is 26.6 Å². The van der Waals surface area contributed by atoms with E-state index in [2.05, 4.69) is 347 Å². The van der Waals surface area contributed by atoms with Gasteiger partial charge in [-0.15, -0.1) is 0 Å². The van der Waals surface area contributed by atoms with Crippen molar-refractivity contribution >= 4 is 34.6 Å². The third kappa shape index (κ3) is 76.9. The Balaban J connectivity index is -0.00000118. The molecule has 1 saturated heterocycles. The van der Waals surface area contributed by atoms with Crippen LogP contribution in [0.1, 0.15) is 328 Å². The second-order valence-corrected chi connectivity index (χ2v) is 42.4. The van der Waals surface area contributed by atoms with E-state index < -0.39 is 0 Å². The van der Waals surface area contributed by atoms with Crippen LogP contribution in [0.4, 0.5) is 21.5 Å². The fourth-order valence-corrected chi connectivity index (χ4v) is 11.9. The van der Waals surface area contributed by atoms with Crippen molar-refractivity contribution in [2.75, 3.05) is 75.5 Å². The quantitative estimate of drug-likeness (QED) is 0.0405. The molecule has 16 heteroatoms. The Hall–Kier alpha value is -4.39. The normalized spacial score (nSPS) is 14.7. The van der Waals surface area contributed by atoms with Crippen LogP contribution in [0.25, 0.3) is 0 Å². The average Bonchev–Trinajstić information content (AvgIpc) is 1.04. The van der Waals surface area contributed by atoms with E-state index in [4.69, 9.17) is 16.3 Å². The Labute approximate surface area is 697 Å².